The molecular weight excluding hydrogens is 322 g/mol. The van der Waals surface area contributed by atoms with E-state index in [0.717, 1.165) is 38.7 Å². The van der Waals surface area contributed by atoms with Crippen molar-refractivity contribution in [2.75, 3.05) is 32.7 Å². The van der Waals surface area contributed by atoms with E-state index in [1.807, 2.05) is 6.92 Å². The van der Waals surface area contributed by atoms with Gasteiger partial charge in [-0.1, -0.05) is 13.0 Å². The molecule has 1 aliphatic heterocycles. The Morgan fingerprint density at radius 1 is 1.16 bits per heavy atom. The van der Waals surface area contributed by atoms with Crippen LogP contribution in [0.2, 0.25) is 0 Å². The molecule has 134 valence electrons. The van der Waals surface area contributed by atoms with E-state index in [1.54, 1.807) is 6.07 Å². The van der Waals surface area contributed by atoms with Crippen LogP contribution in [0.5, 0.6) is 0 Å². The van der Waals surface area contributed by atoms with Gasteiger partial charge in [0.1, 0.15) is 11.6 Å². The van der Waals surface area contributed by atoms with E-state index in [4.69, 9.17) is 5.26 Å². The van der Waals surface area contributed by atoms with Crippen LogP contribution >= 0.6 is 0 Å². The second-order valence-corrected chi connectivity index (χ2v) is 6.45. The third-order valence-corrected chi connectivity index (χ3v) is 4.82. The molecule has 0 bridgehead atoms. The first kappa shape index (κ1) is 19.3. The highest BCUT2D eigenvalue weighted by Gasteiger charge is 2.26. The molecule has 2 unspecified atom stereocenters. The molecule has 1 saturated heterocycles. The van der Waals surface area contributed by atoms with Crippen molar-refractivity contribution in [3.8, 4) is 12.1 Å². The molecule has 2 rings (SSSR count). The summed E-state index contributed by atoms with van der Waals surface area (Å²) in [5.74, 6) is -1.17. The number of piperazine rings is 1. The maximum absolute atomic E-state index is 14.1. The second kappa shape index (κ2) is 9.46. The van der Waals surface area contributed by atoms with Gasteiger partial charge in [0.05, 0.1) is 18.1 Å². The molecule has 1 fully saturated rings. The van der Waals surface area contributed by atoms with Crippen molar-refractivity contribution in [1.82, 2.24) is 9.80 Å². The molecule has 0 N–H and O–H groups in total. The van der Waals surface area contributed by atoms with Crippen molar-refractivity contribution in [2.45, 2.75) is 32.2 Å². The average Bonchev–Trinajstić information content (AvgIpc) is 2.62. The highest BCUT2D eigenvalue weighted by molar-refractivity contribution is 5.22. The van der Waals surface area contributed by atoms with E-state index in [1.165, 1.54) is 6.07 Å². The summed E-state index contributed by atoms with van der Waals surface area (Å²) in [6.45, 7) is 5.87. The lowest BCUT2D eigenvalue weighted by Crippen LogP contribution is -2.48. The fourth-order valence-corrected chi connectivity index (χ4v) is 3.45. The third-order valence-electron chi connectivity index (χ3n) is 4.82. The minimum absolute atomic E-state index is 0.0619. The maximum atomic E-state index is 14.1. The fourth-order valence-electron chi connectivity index (χ4n) is 3.45. The lowest BCUT2D eigenvalue weighted by Gasteiger charge is -2.39. The summed E-state index contributed by atoms with van der Waals surface area (Å²) in [7, 11) is 0. The Bertz CT molecular complexity index is 642. The normalized spacial score (nSPS) is 18.3. The summed E-state index contributed by atoms with van der Waals surface area (Å²) in [5.41, 5.74) is 0.543. The number of nitrogens with zero attached hydrogens (tertiary/aromatic N) is 4. The summed E-state index contributed by atoms with van der Waals surface area (Å²) in [4.78, 5) is 4.46. The van der Waals surface area contributed by atoms with E-state index >= 15 is 0 Å². The summed E-state index contributed by atoms with van der Waals surface area (Å²) in [6.07, 6.45) is 1.76. The van der Waals surface area contributed by atoms with Crippen molar-refractivity contribution in [1.29, 1.82) is 10.5 Å². The Hall–Kier alpha value is -2.02. The van der Waals surface area contributed by atoms with Crippen molar-refractivity contribution >= 4 is 0 Å². The predicted octanol–water partition coefficient (Wildman–Crippen LogP) is 3.48. The standard InChI is InChI=1S/C19H24F2N4/c1-2-19(17-6-5-16(20)12-18(17)21)25-10-8-24(9-11-25)14-15(13-23)4-3-7-22/h5-6,12,15,19H,2-4,8-11,14H2,1H3. The Morgan fingerprint density at radius 2 is 1.88 bits per heavy atom. The first-order valence-corrected chi connectivity index (χ1v) is 8.77. The lowest BCUT2D eigenvalue weighted by molar-refractivity contribution is 0.0862. The van der Waals surface area contributed by atoms with E-state index in [9.17, 15) is 14.0 Å². The molecule has 4 nitrogen and oxygen atoms in total. The number of hydrogen-bond acceptors (Lipinski definition) is 4. The second-order valence-electron chi connectivity index (χ2n) is 6.45. The van der Waals surface area contributed by atoms with Crippen LogP contribution in [0.1, 0.15) is 37.8 Å². The van der Waals surface area contributed by atoms with Crippen LogP contribution in [0.3, 0.4) is 0 Å². The first-order valence-electron chi connectivity index (χ1n) is 8.77. The summed E-state index contributed by atoms with van der Waals surface area (Å²) >= 11 is 0. The van der Waals surface area contributed by atoms with E-state index in [2.05, 4.69) is 21.9 Å². The predicted molar refractivity (Wildman–Crippen MR) is 91.4 cm³/mol. The monoisotopic (exact) mass is 346 g/mol. The Morgan fingerprint density at radius 3 is 2.44 bits per heavy atom. The quantitative estimate of drug-likeness (QED) is 0.758. The molecule has 0 saturated carbocycles. The molecule has 0 radical (unpaired) electrons. The van der Waals surface area contributed by atoms with Gasteiger partial charge in [0.25, 0.3) is 0 Å². The molecule has 0 aliphatic carbocycles. The van der Waals surface area contributed by atoms with E-state index in [-0.39, 0.29) is 12.0 Å². The van der Waals surface area contributed by atoms with Gasteiger partial charge in [0, 0.05) is 56.8 Å². The van der Waals surface area contributed by atoms with Gasteiger partial charge < -0.3 is 0 Å². The first-order chi connectivity index (χ1) is 12.1. The average molecular weight is 346 g/mol. The summed E-state index contributed by atoms with van der Waals surface area (Å²) < 4.78 is 27.3. The fraction of sp³-hybridized carbons (Fsp3) is 0.579. The van der Waals surface area contributed by atoms with Crippen LogP contribution in [0.15, 0.2) is 18.2 Å². The Labute approximate surface area is 148 Å². The van der Waals surface area contributed by atoms with Gasteiger partial charge >= 0.3 is 0 Å². The molecule has 1 heterocycles. The van der Waals surface area contributed by atoms with Gasteiger partial charge in [-0.05, 0) is 18.9 Å². The number of hydrogen-bond donors (Lipinski definition) is 0. The number of benzene rings is 1. The van der Waals surface area contributed by atoms with Crippen LogP contribution in [0.4, 0.5) is 8.78 Å². The Balaban J connectivity index is 1.94. The lowest BCUT2D eigenvalue weighted by atomic mass is 10.0. The molecular formula is C19H24F2N4. The van der Waals surface area contributed by atoms with Gasteiger partial charge in [-0.2, -0.15) is 10.5 Å². The topological polar surface area (TPSA) is 54.1 Å². The van der Waals surface area contributed by atoms with Crippen molar-refractivity contribution in [3.63, 3.8) is 0 Å². The summed E-state index contributed by atoms with van der Waals surface area (Å²) in [6, 6.07) is 8.10. The minimum Gasteiger partial charge on any atom is -0.299 e. The van der Waals surface area contributed by atoms with Gasteiger partial charge in [-0.15, -0.1) is 0 Å². The van der Waals surface area contributed by atoms with Gasteiger partial charge in [0.15, 0.2) is 0 Å². The van der Waals surface area contributed by atoms with Gasteiger partial charge in [-0.25, -0.2) is 8.78 Å². The molecule has 1 aliphatic rings. The maximum Gasteiger partial charge on any atom is 0.130 e. The number of nitriles is 2. The van der Waals surface area contributed by atoms with Crippen LogP contribution in [-0.2, 0) is 0 Å². The molecule has 1 aromatic rings. The van der Waals surface area contributed by atoms with Crippen molar-refractivity contribution in [3.05, 3.63) is 35.4 Å². The zero-order valence-corrected chi connectivity index (χ0v) is 14.6. The zero-order valence-electron chi connectivity index (χ0n) is 14.6. The third kappa shape index (κ3) is 5.22. The van der Waals surface area contributed by atoms with Gasteiger partial charge in [-0.3, -0.25) is 9.80 Å². The molecule has 2 atom stereocenters. The largest absolute Gasteiger partial charge is 0.299 e. The number of halogens is 2. The van der Waals surface area contributed by atoms with Gasteiger partial charge in [0.2, 0.25) is 0 Å². The smallest absolute Gasteiger partial charge is 0.130 e. The molecule has 1 aromatic carbocycles. The highest BCUT2D eigenvalue weighted by atomic mass is 19.1. The van der Waals surface area contributed by atoms with E-state index in [0.29, 0.717) is 24.9 Å². The molecule has 25 heavy (non-hydrogen) atoms. The SMILES string of the molecule is CCC(c1ccc(F)cc1F)N1CCN(CC(C#N)CCC#N)CC1. The Kier molecular flexibility index (Phi) is 7.31. The van der Waals surface area contributed by atoms with Crippen LogP contribution < -0.4 is 0 Å². The van der Waals surface area contributed by atoms with Crippen LogP contribution in [0, 0.1) is 40.2 Å². The van der Waals surface area contributed by atoms with E-state index < -0.39 is 11.6 Å². The van der Waals surface area contributed by atoms with Crippen molar-refractivity contribution < 1.29 is 8.78 Å². The van der Waals surface area contributed by atoms with Crippen LogP contribution in [0.25, 0.3) is 0 Å². The molecule has 0 aromatic heterocycles. The molecule has 0 spiro atoms. The van der Waals surface area contributed by atoms with Crippen LogP contribution in [-0.4, -0.2) is 42.5 Å². The number of rotatable bonds is 7. The minimum atomic E-state index is -0.555. The molecule has 0 amide bonds. The highest BCUT2D eigenvalue weighted by Crippen LogP contribution is 2.28. The zero-order chi connectivity index (χ0) is 18.2. The van der Waals surface area contributed by atoms with Crippen molar-refractivity contribution in [2.24, 2.45) is 5.92 Å². The summed E-state index contributed by atoms with van der Waals surface area (Å²) in [5, 5.41) is 17.8. The molecule has 6 heteroatoms.